The van der Waals surface area contributed by atoms with Gasteiger partial charge in [0.25, 0.3) is 0 Å². The molecule has 1 fully saturated rings. The molecule has 0 spiro atoms. The Morgan fingerprint density at radius 1 is 1.59 bits per heavy atom. The molecule has 0 saturated carbocycles. The van der Waals surface area contributed by atoms with Gasteiger partial charge in [0.1, 0.15) is 0 Å². The van der Waals surface area contributed by atoms with Crippen LogP contribution >= 0.6 is 27.3 Å². The van der Waals surface area contributed by atoms with Crippen molar-refractivity contribution in [2.45, 2.75) is 12.6 Å². The monoisotopic (exact) mass is 328 g/mol. The van der Waals surface area contributed by atoms with E-state index in [4.69, 9.17) is 0 Å². The molecule has 0 N–H and O–H groups in total. The number of rotatable bonds is 2. The summed E-state index contributed by atoms with van der Waals surface area (Å²) in [6.45, 7) is 0.425. The molecule has 1 saturated heterocycles. The summed E-state index contributed by atoms with van der Waals surface area (Å²) >= 11 is 4.11. The number of hydrogen-bond acceptors (Lipinski definition) is 3. The number of nitrogens with zero attached hydrogens (tertiary/aromatic N) is 2. The fourth-order valence-corrected chi connectivity index (χ4v) is 2.88. The van der Waals surface area contributed by atoms with Gasteiger partial charge in [-0.3, -0.25) is 9.69 Å². The normalized spacial score (nSPS) is 21.3. The lowest BCUT2D eigenvalue weighted by atomic mass is 10.2. The average molecular weight is 329 g/mol. The van der Waals surface area contributed by atoms with Gasteiger partial charge in [0.2, 0.25) is 5.91 Å². The van der Waals surface area contributed by atoms with Gasteiger partial charge in [0.15, 0.2) is 10.8 Å². The molecule has 2 heterocycles. The Labute approximate surface area is 108 Å². The Morgan fingerprint density at radius 2 is 2.29 bits per heavy atom. The summed E-state index contributed by atoms with van der Waals surface area (Å²) in [4.78, 5) is 16.4. The molecule has 1 amide bonds. The third-order valence-corrected chi connectivity index (χ3v) is 4.22. The smallest absolute Gasteiger partial charge is 0.288 e. The summed E-state index contributed by atoms with van der Waals surface area (Å²) in [6.07, 6.45) is -4.10. The van der Waals surface area contributed by atoms with Crippen LogP contribution in [0.4, 0.5) is 18.3 Å². The average Bonchev–Trinajstić information content (AvgIpc) is 2.82. The quantitative estimate of drug-likeness (QED) is 0.782. The van der Waals surface area contributed by atoms with Crippen LogP contribution < -0.4 is 4.90 Å². The fraction of sp³-hybridized carbons (Fsp3) is 0.556. The van der Waals surface area contributed by atoms with E-state index in [1.165, 1.54) is 4.90 Å². The molecule has 0 aromatic carbocycles. The molecule has 1 aromatic heterocycles. The van der Waals surface area contributed by atoms with Gasteiger partial charge in [-0.05, 0) is 5.92 Å². The summed E-state index contributed by atoms with van der Waals surface area (Å²) in [5, 5.41) is 1.72. The maximum absolute atomic E-state index is 12.4. The highest BCUT2D eigenvalue weighted by Gasteiger charge is 2.37. The zero-order valence-electron chi connectivity index (χ0n) is 8.50. The van der Waals surface area contributed by atoms with E-state index in [-0.39, 0.29) is 17.0 Å². The lowest BCUT2D eigenvalue weighted by Crippen LogP contribution is -2.24. The molecule has 0 radical (unpaired) electrons. The highest BCUT2D eigenvalue weighted by Crippen LogP contribution is 2.35. The van der Waals surface area contributed by atoms with Crippen molar-refractivity contribution in [3.63, 3.8) is 0 Å². The summed E-state index contributed by atoms with van der Waals surface area (Å²) in [7, 11) is 0. The second-order valence-electron chi connectivity index (χ2n) is 3.74. The van der Waals surface area contributed by atoms with Gasteiger partial charge in [-0.25, -0.2) is 4.98 Å². The molecule has 1 aliphatic rings. The molecule has 1 aromatic rings. The van der Waals surface area contributed by atoms with Gasteiger partial charge in [0, 0.05) is 23.7 Å². The number of thiazole rings is 1. The van der Waals surface area contributed by atoms with E-state index in [0.717, 1.165) is 16.7 Å². The number of aromatic nitrogens is 1. The Hall–Kier alpha value is -0.630. The minimum Gasteiger partial charge on any atom is -0.288 e. The van der Waals surface area contributed by atoms with E-state index in [2.05, 4.69) is 20.9 Å². The van der Waals surface area contributed by atoms with Crippen LogP contribution in [0.2, 0.25) is 0 Å². The van der Waals surface area contributed by atoms with Crippen molar-refractivity contribution in [3.8, 4) is 0 Å². The first-order valence-corrected chi connectivity index (χ1v) is 6.81. The lowest BCUT2D eigenvalue weighted by Gasteiger charge is -2.12. The molecule has 1 unspecified atom stereocenters. The third-order valence-electron chi connectivity index (χ3n) is 2.44. The highest BCUT2D eigenvalue weighted by atomic mass is 79.9. The fourth-order valence-electron chi connectivity index (χ4n) is 1.59. The summed E-state index contributed by atoms with van der Waals surface area (Å²) < 4.78 is 37.1. The second kappa shape index (κ2) is 4.56. The van der Waals surface area contributed by atoms with Crippen LogP contribution in [0.25, 0.3) is 0 Å². The molecule has 94 valence electrons. The van der Waals surface area contributed by atoms with Gasteiger partial charge in [-0.1, -0.05) is 15.9 Å². The number of carbonyl (C=O) groups is 1. The van der Waals surface area contributed by atoms with E-state index in [0.29, 0.717) is 18.3 Å². The summed E-state index contributed by atoms with van der Waals surface area (Å²) in [5.74, 6) is -0.0294. The van der Waals surface area contributed by atoms with Gasteiger partial charge in [-0.15, -0.1) is 11.3 Å². The Kier molecular flexibility index (Phi) is 3.44. The van der Waals surface area contributed by atoms with Crippen molar-refractivity contribution in [2.75, 3.05) is 16.8 Å². The predicted molar refractivity (Wildman–Crippen MR) is 61.4 cm³/mol. The first-order chi connectivity index (χ1) is 7.91. The standard InChI is InChI=1S/C9H8BrF3N2OS/c10-2-5-1-7(16)15(3-5)8-14-6(4-17-8)9(11,12)13/h4-5H,1-3H2. The first kappa shape index (κ1) is 12.8. The van der Waals surface area contributed by atoms with Crippen molar-refractivity contribution >= 4 is 38.3 Å². The number of anilines is 1. The van der Waals surface area contributed by atoms with Gasteiger partial charge in [0.05, 0.1) is 0 Å². The third kappa shape index (κ3) is 2.62. The van der Waals surface area contributed by atoms with Crippen LogP contribution in [0, 0.1) is 5.92 Å². The minimum atomic E-state index is -4.45. The lowest BCUT2D eigenvalue weighted by molar-refractivity contribution is -0.140. The number of halogens is 4. The van der Waals surface area contributed by atoms with E-state index in [1.54, 1.807) is 0 Å². The van der Waals surface area contributed by atoms with Crippen molar-refractivity contribution in [2.24, 2.45) is 5.92 Å². The molecule has 2 rings (SSSR count). The molecule has 8 heteroatoms. The molecule has 1 aliphatic heterocycles. The second-order valence-corrected chi connectivity index (χ2v) is 5.23. The highest BCUT2D eigenvalue weighted by molar-refractivity contribution is 9.09. The molecule has 0 bridgehead atoms. The van der Waals surface area contributed by atoms with Gasteiger partial charge < -0.3 is 0 Å². The molecular weight excluding hydrogens is 321 g/mol. The molecular formula is C9H8BrF3N2OS. The van der Waals surface area contributed by atoms with E-state index in [1.807, 2.05) is 0 Å². The maximum atomic E-state index is 12.4. The van der Waals surface area contributed by atoms with Gasteiger partial charge in [-0.2, -0.15) is 13.2 Å². The van der Waals surface area contributed by atoms with Crippen LogP contribution in [-0.4, -0.2) is 22.8 Å². The first-order valence-electron chi connectivity index (χ1n) is 4.81. The van der Waals surface area contributed by atoms with E-state index < -0.39 is 11.9 Å². The van der Waals surface area contributed by atoms with E-state index >= 15 is 0 Å². The number of hydrogen-bond donors (Lipinski definition) is 0. The zero-order valence-corrected chi connectivity index (χ0v) is 10.9. The maximum Gasteiger partial charge on any atom is 0.434 e. The van der Waals surface area contributed by atoms with Crippen LogP contribution in [-0.2, 0) is 11.0 Å². The largest absolute Gasteiger partial charge is 0.434 e. The van der Waals surface area contributed by atoms with Crippen molar-refractivity contribution in [1.29, 1.82) is 0 Å². The van der Waals surface area contributed by atoms with Crippen LogP contribution in [0.3, 0.4) is 0 Å². The summed E-state index contributed by atoms with van der Waals surface area (Å²) in [6, 6.07) is 0. The Bertz CT molecular complexity index is 434. The molecule has 0 aliphatic carbocycles. The Morgan fingerprint density at radius 3 is 2.76 bits per heavy atom. The predicted octanol–water partition coefficient (Wildman–Crippen LogP) is 2.91. The number of carbonyl (C=O) groups excluding carboxylic acids is 1. The SMILES string of the molecule is O=C1CC(CBr)CN1c1nc(C(F)(F)F)cs1. The Balaban J connectivity index is 2.19. The van der Waals surface area contributed by atoms with Crippen LogP contribution in [0.5, 0.6) is 0 Å². The van der Waals surface area contributed by atoms with E-state index in [9.17, 15) is 18.0 Å². The van der Waals surface area contributed by atoms with Crippen molar-refractivity contribution in [3.05, 3.63) is 11.1 Å². The minimum absolute atomic E-state index is 0.130. The van der Waals surface area contributed by atoms with Crippen LogP contribution in [0.15, 0.2) is 5.38 Å². The van der Waals surface area contributed by atoms with Crippen molar-refractivity contribution in [1.82, 2.24) is 4.98 Å². The zero-order chi connectivity index (χ0) is 12.6. The molecule has 17 heavy (non-hydrogen) atoms. The number of amides is 1. The van der Waals surface area contributed by atoms with Crippen molar-refractivity contribution < 1.29 is 18.0 Å². The topological polar surface area (TPSA) is 33.2 Å². The molecule has 1 atom stereocenters. The number of alkyl halides is 4. The van der Waals surface area contributed by atoms with Gasteiger partial charge >= 0.3 is 6.18 Å². The molecule has 3 nitrogen and oxygen atoms in total. The summed E-state index contributed by atoms with van der Waals surface area (Å²) in [5.41, 5.74) is -0.937. The van der Waals surface area contributed by atoms with Crippen LogP contribution in [0.1, 0.15) is 12.1 Å².